The van der Waals surface area contributed by atoms with Crippen molar-refractivity contribution in [3.05, 3.63) is 77.5 Å². The lowest BCUT2D eigenvalue weighted by atomic mass is 9.90. The molecule has 0 spiro atoms. The predicted octanol–water partition coefficient (Wildman–Crippen LogP) is 6.30. The Labute approximate surface area is 374 Å². The van der Waals surface area contributed by atoms with E-state index in [2.05, 4.69) is 40.2 Å². The number of carbonyl (C=O) groups is 4. The van der Waals surface area contributed by atoms with Gasteiger partial charge in [-0.1, -0.05) is 67.5 Å². The number of ether oxygens (including phenoxy) is 2. The number of benzene rings is 1. The monoisotopic (exact) mass is 903 g/mol. The molecular formula is C46H61N7O8S2. The van der Waals surface area contributed by atoms with Crippen molar-refractivity contribution in [3.63, 3.8) is 0 Å². The van der Waals surface area contributed by atoms with Crippen molar-refractivity contribution in [1.82, 2.24) is 24.8 Å². The highest BCUT2D eigenvalue weighted by molar-refractivity contribution is 7.91. The summed E-state index contributed by atoms with van der Waals surface area (Å²) in [6.45, 7) is 11.1. The molecule has 0 bridgehead atoms. The summed E-state index contributed by atoms with van der Waals surface area (Å²) >= 11 is 1.59. The number of amides is 4. The second-order valence-corrected chi connectivity index (χ2v) is 21.9. The van der Waals surface area contributed by atoms with Crippen LogP contribution in [0.1, 0.15) is 111 Å². The van der Waals surface area contributed by atoms with Gasteiger partial charge < -0.3 is 25.4 Å². The fourth-order valence-corrected chi connectivity index (χ4v) is 10.5. The van der Waals surface area contributed by atoms with Crippen LogP contribution in [0.2, 0.25) is 0 Å². The summed E-state index contributed by atoms with van der Waals surface area (Å²) in [6, 6.07) is 8.24. The van der Waals surface area contributed by atoms with Crippen LogP contribution in [0.25, 0.3) is 10.6 Å². The van der Waals surface area contributed by atoms with Crippen molar-refractivity contribution < 1.29 is 37.1 Å². The van der Waals surface area contributed by atoms with E-state index in [4.69, 9.17) is 25.2 Å². The van der Waals surface area contributed by atoms with Gasteiger partial charge in [0.2, 0.25) is 27.7 Å². The molecule has 0 radical (unpaired) electrons. The van der Waals surface area contributed by atoms with E-state index in [1.54, 1.807) is 39.0 Å². The molecule has 2 aromatic rings. The zero-order valence-corrected chi connectivity index (χ0v) is 38.6. The number of carbonyl (C=O) groups excluding carboxylic acids is 4. The van der Waals surface area contributed by atoms with Gasteiger partial charge in [0.05, 0.1) is 17.0 Å². The number of hydrogen-bond acceptors (Lipinski definition) is 12. The first-order valence-electron chi connectivity index (χ1n) is 22.1. The van der Waals surface area contributed by atoms with E-state index in [-0.39, 0.29) is 42.8 Å². The highest BCUT2D eigenvalue weighted by Crippen LogP contribution is 2.45. The van der Waals surface area contributed by atoms with Gasteiger partial charge in [0.25, 0.3) is 6.02 Å². The number of primary amides is 1. The first-order valence-corrected chi connectivity index (χ1v) is 24.5. The number of nitrogens with zero attached hydrogens (tertiary/aromatic N) is 4. The number of nitrogens with one attached hydrogen (secondary N) is 2. The number of fused-ring (bicyclic) bond motifs is 1. The Balaban J connectivity index is 0.966. The third kappa shape index (κ3) is 10.8. The van der Waals surface area contributed by atoms with E-state index in [1.807, 2.05) is 54.6 Å². The van der Waals surface area contributed by atoms with E-state index >= 15 is 0 Å². The minimum atomic E-state index is -3.65. The number of sulfonamides is 1. The molecule has 4 amide bonds. The van der Waals surface area contributed by atoms with E-state index in [0.717, 1.165) is 41.2 Å². The number of nitrogens with two attached hydrogens (primary N) is 1. The molecular weight excluding hydrogens is 843 g/mol. The van der Waals surface area contributed by atoms with Crippen LogP contribution in [-0.2, 0) is 33.9 Å². The molecule has 1 aromatic carbocycles. The smallest absolute Gasteiger partial charge is 0.408 e. The number of hydrogen-bond donors (Lipinski definition) is 3. The maximum absolute atomic E-state index is 14.4. The van der Waals surface area contributed by atoms with Gasteiger partial charge in [-0.25, -0.2) is 23.2 Å². The topological polar surface area (TPSA) is 203 Å². The number of rotatable bonds is 17. The third-order valence-corrected chi connectivity index (χ3v) is 15.3. The molecule has 3 fully saturated rings. The van der Waals surface area contributed by atoms with Crippen molar-refractivity contribution >= 4 is 51.2 Å². The lowest BCUT2D eigenvalue weighted by Crippen LogP contribution is -2.53. The molecule has 3 aliphatic carbocycles. The van der Waals surface area contributed by atoms with E-state index in [0.29, 0.717) is 38.1 Å². The van der Waals surface area contributed by atoms with E-state index < -0.39 is 62.4 Å². The normalized spacial score (nSPS) is 25.3. The van der Waals surface area contributed by atoms with Gasteiger partial charge in [0.15, 0.2) is 0 Å². The third-order valence-electron chi connectivity index (χ3n) is 12.3. The molecule has 7 unspecified atom stereocenters. The second-order valence-electron chi connectivity index (χ2n) is 18.8. The predicted molar refractivity (Wildman–Crippen MR) is 242 cm³/mol. The molecule has 5 aliphatic rings. The van der Waals surface area contributed by atoms with Crippen LogP contribution in [0.5, 0.6) is 0 Å². The quantitative estimate of drug-likeness (QED) is 0.119. The number of alkyl carbamates (subject to hydrolysis) is 1. The fraction of sp³-hybridized carbons (Fsp3) is 0.565. The van der Waals surface area contributed by atoms with Crippen LogP contribution >= 0.6 is 11.3 Å². The Morgan fingerprint density at radius 1 is 1.08 bits per heavy atom. The van der Waals surface area contributed by atoms with Gasteiger partial charge in [-0.3, -0.25) is 24.0 Å². The van der Waals surface area contributed by atoms with Crippen molar-refractivity contribution in [1.29, 1.82) is 0 Å². The van der Waals surface area contributed by atoms with Gasteiger partial charge in [-0.05, 0) is 92.1 Å². The maximum Gasteiger partial charge on any atom is 0.408 e. The molecule has 17 heteroatoms. The Bertz CT molecular complexity index is 2280. The highest BCUT2D eigenvalue weighted by Gasteiger charge is 2.53. The Morgan fingerprint density at radius 3 is 2.51 bits per heavy atom. The van der Waals surface area contributed by atoms with Gasteiger partial charge in [-0.2, -0.15) is 0 Å². The largest absolute Gasteiger partial charge is 0.460 e. The first-order chi connectivity index (χ1) is 29.8. The van der Waals surface area contributed by atoms with Crippen LogP contribution in [0.3, 0.4) is 0 Å². The van der Waals surface area contributed by atoms with Crippen LogP contribution in [0.4, 0.5) is 4.79 Å². The zero-order valence-electron chi connectivity index (χ0n) is 37.0. The molecule has 1 saturated heterocycles. The van der Waals surface area contributed by atoms with Gasteiger partial charge in [-0.15, -0.1) is 11.3 Å². The lowest BCUT2D eigenvalue weighted by molar-refractivity contribution is -0.139. The second kappa shape index (κ2) is 18.6. The molecule has 2 aliphatic heterocycles. The van der Waals surface area contributed by atoms with Gasteiger partial charge in [0.1, 0.15) is 34.8 Å². The minimum absolute atomic E-state index is 0.00914. The standard InChI is InChI=1S/C46H61N7O8S2/c1-28(2)53-36-21-15-19-32(35-27-62-41(48-35)29-16-12-10-13-17-29)38(36)50-43(53)60-31-25-37(39(47)54)52(26-31)42(56)34(49-44(57)61-45(3,4)5)20-14-9-7-8-11-18-30-24-33(30)40(55)51-63(58,59)46(6)22-23-46/h10-13,15-19,21,27-28,30-34,37-38H,7-9,14,20,22-26H2,1-6H3,(H2,47,54)(H,49,57)(H,51,55). The maximum atomic E-state index is 14.4. The van der Waals surface area contributed by atoms with Crippen LogP contribution in [0, 0.1) is 11.8 Å². The van der Waals surface area contributed by atoms with Crippen LogP contribution in [0.15, 0.2) is 76.8 Å². The molecule has 7 rings (SSSR count). The molecule has 1 aromatic heterocycles. The first kappa shape index (κ1) is 46.0. The number of thiazole rings is 1. The molecule has 7 atom stereocenters. The minimum Gasteiger partial charge on any atom is -0.460 e. The molecule has 4 N–H and O–H groups in total. The number of allylic oxidation sites excluding steroid dienone is 4. The molecule has 3 heterocycles. The van der Waals surface area contributed by atoms with Crippen molar-refractivity contribution in [2.45, 2.75) is 146 Å². The lowest BCUT2D eigenvalue weighted by Gasteiger charge is -2.30. The summed E-state index contributed by atoms with van der Waals surface area (Å²) in [5, 5.41) is 5.77. The fourth-order valence-electron chi connectivity index (χ4n) is 8.36. The number of aromatic nitrogens is 1. The molecule has 63 heavy (non-hydrogen) atoms. The van der Waals surface area contributed by atoms with E-state index in [9.17, 15) is 27.6 Å². The summed E-state index contributed by atoms with van der Waals surface area (Å²) in [6.07, 6.45) is 13.9. The van der Waals surface area contributed by atoms with Crippen molar-refractivity contribution in [2.75, 3.05) is 6.54 Å². The number of aliphatic imine (C=N–C) groups is 1. The van der Waals surface area contributed by atoms with Crippen molar-refractivity contribution in [2.24, 2.45) is 22.6 Å². The molecule has 2 saturated carbocycles. The van der Waals surface area contributed by atoms with Gasteiger partial charge in [0, 0.05) is 40.9 Å². The van der Waals surface area contributed by atoms with Gasteiger partial charge >= 0.3 is 6.09 Å². The summed E-state index contributed by atoms with van der Waals surface area (Å²) in [5.74, 6) is -1.99. The molecule has 340 valence electrons. The number of likely N-dealkylation sites (tertiary alicyclic amines) is 1. The molecule has 15 nitrogen and oxygen atoms in total. The average Bonchev–Trinajstić information content (AvgIpc) is 3.98. The average molecular weight is 904 g/mol. The Morgan fingerprint density at radius 2 is 1.83 bits per heavy atom. The number of amidine groups is 1. The summed E-state index contributed by atoms with van der Waals surface area (Å²) in [4.78, 5) is 66.4. The number of unbranched alkanes of at least 4 members (excludes halogenated alkanes) is 3. The van der Waals surface area contributed by atoms with E-state index in [1.165, 1.54) is 4.90 Å². The highest BCUT2D eigenvalue weighted by atomic mass is 32.2. The zero-order chi connectivity index (χ0) is 45.3. The Kier molecular flexibility index (Phi) is 13.6. The van der Waals surface area contributed by atoms with Crippen LogP contribution in [-0.4, -0.2) is 100 Å². The SMILES string of the molecule is CC(C)N1C2=CC=CC(c3csc(-c4ccccc4)n3)C2N=C1OC1CC(C(N)=O)N(C(=O)C(CCCCCC=CC2CC2C(=O)NS(=O)(=O)C2(C)CC2)NC(=O)OC(C)(C)C)C1. The summed E-state index contributed by atoms with van der Waals surface area (Å²) in [7, 11) is -3.65. The van der Waals surface area contributed by atoms with Crippen molar-refractivity contribution in [3.8, 4) is 10.6 Å². The Hall–Kier alpha value is -5.03. The summed E-state index contributed by atoms with van der Waals surface area (Å²) in [5.41, 5.74) is 8.07. The summed E-state index contributed by atoms with van der Waals surface area (Å²) < 4.78 is 38.5. The van der Waals surface area contributed by atoms with Crippen LogP contribution < -0.4 is 15.8 Å².